The maximum Gasteiger partial charge on any atom is 0.408 e. The summed E-state index contributed by atoms with van der Waals surface area (Å²) in [5.74, 6) is -1.03. The van der Waals surface area contributed by atoms with E-state index in [1.54, 1.807) is 45.9 Å². The third-order valence-electron chi connectivity index (χ3n) is 5.39. The Balaban J connectivity index is 2.51. The maximum absolute atomic E-state index is 13.9. The number of carbonyl (C=O) groups is 3. The first-order valence-corrected chi connectivity index (χ1v) is 11.9. The van der Waals surface area contributed by atoms with E-state index in [9.17, 15) is 19.5 Å². The molecule has 0 radical (unpaired) electrons. The van der Waals surface area contributed by atoms with E-state index in [2.05, 4.69) is 10.6 Å². The van der Waals surface area contributed by atoms with Gasteiger partial charge in [-0.05, 0) is 72.8 Å². The summed E-state index contributed by atoms with van der Waals surface area (Å²) in [5.41, 5.74) is -0.282. The second-order valence-electron chi connectivity index (χ2n) is 11.5. The van der Waals surface area contributed by atoms with Crippen molar-refractivity contribution in [3.8, 4) is 5.75 Å². The molecule has 1 aromatic carbocycles. The molecule has 0 bridgehead atoms. The molecule has 0 aliphatic heterocycles. The highest BCUT2D eigenvalue weighted by atomic mass is 16.6. The van der Waals surface area contributed by atoms with Crippen LogP contribution in [0.5, 0.6) is 5.75 Å². The zero-order chi connectivity index (χ0) is 26.0. The largest absolute Gasteiger partial charge is 0.507 e. The maximum atomic E-state index is 13.9. The highest BCUT2D eigenvalue weighted by molar-refractivity contribution is 5.93. The first kappa shape index (κ1) is 27.5. The third kappa shape index (κ3) is 7.37. The zero-order valence-electron chi connectivity index (χ0n) is 22.0. The predicted molar refractivity (Wildman–Crippen MR) is 131 cm³/mol. The van der Waals surface area contributed by atoms with Crippen LogP contribution in [0.2, 0.25) is 0 Å². The van der Waals surface area contributed by atoms with E-state index in [0.717, 1.165) is 12.8 Å². The highest BCUT2D eigenvalue weighted by Gasteiger charge is 2.46. The van der Waals surface area contributed by atoms with Gasteiger partial charge in [0.15, 0.2) is 0 Å². The van der Waals surface area contributed by atoms with Crippen molar-refractivity contribution < 1.29 is 24.2 Å². The number of rotatable bonds is 7. The number of ether oxygens (including phenoxy) is 1. The fourth-order valence-corrected chi connectivity index (χ4v) is 3.74. The van der Waals surface area contributed by atoms with Crippen molar-refractivity contribution in [2.45, 2.75) is 104 Å². The minimum Gasteiger partial charge on any atom is -0.507 e. The minimum atomic E-state index is -1.04. The van der Waals surface area contributed by atoms with Crippen LogP contribution in [0.1, 0.15) is 85.4 Å². The Labute approximate surface area is 203 Å². The normalized spacial score (nSPS) is 15.9. The van der Waals surface area contributed by atoms with Gasteiger partial charge in [0.2, 0.25) is 11.8 Å². The minimum absolute atomic E-state index is 0.0174. The van der Waals surface area contributed by atoms with Crippen molar-refractivity contribution in [3.63, 3.8) is 0 Å². The molecule has 0 aromatic heterocycles. The summed E-state index contributed by atoms with van der Waals surface area (Å²) in [5, 5.41) is 16.5. The Bertz CT molecular complexity index is 910. The van der Waals surface area contributed by atoms with Gasteiger partial charge < -0.3 is 25.4 Å². The average Bonchev–Trinajstić information content (AvgIpc) is 3.48. The number of phenolic OH excluding ortho intramolecular Hbond substituents is 1. The first-order valence-electron chi connectivity index (χ1n) is 11.9. The average molecular weight is 476 g/mol. The van der Waals surface area contributed by atoms with E-state index in [4.69, 9.17) is 4.74 Å². The Morgan fingerprint density at radius 1 is 1.09 bits per heavy atom. The van der Waals surface area contributed by atoms with Crippen LogP contribution in [0.15, 0.2) is 18.2 Å². The number of aryl methyl sites for hydroxylation is 1. The van der Waals surface area contributed by atoms with Gasteiger partial charge in [0, 0.05) is 17.1 Å². The fraction of sp³-hybridized carbons (Fsp3) is 0.654. The molecule has 3 amide bonds. The molecule has 0 heterocycles. The molecular formula is C26H41N3O5. The van der Waals surface area contributed by atoms with E-state index >= 15 is 0 Å². The van der Waals surface area contributed by atoms with Crippen molar-refractivity contribution in [3.05, 3.63) is 29.3 Å². The van der Waals surface area contributed by atoms with Gasteiger partial charge >= 0.3 is 6.09 Å². The number of nitrogens with zero attached hydrogens (tertiary/aromatic N) is 1. The van der Waals surface area contributed by atoms with Crippen LogP contribution in [0, 0.1) is 12.8 Å². The molecule has 3 N–H and O–H groups in total. The lowest BCUT2D eigenvalue weighted by Gasteiger charge is -2.37. The summed E-state index contributed by atoms with van der Waals surface area (Å²) in [6, 6.07) is 3.08. The van der Waals surface area contributed by atoms with E-state index < -0.39 is 29.3 Å². The zero-order valence-corrected chi connectivity index (χ0v) is 22.0. The quantitative estimate of drug-likeness (QED) is 0.548. The monoisotopic (exact) mass is 475 g/mol. The number of alkyl carbamates (subject to hydrolysis) is 1. The molecule has 34 heavy (non-hydrogen) atoms. The molecule has 8 nitrogen and oxygen atoms in total. The lowest BCUT2D eigenvalue weighted by molar-refractivity contribution is -0.144. The molecule has 1 aliphatic carbocycles. The molecule has 1 fully saturated rings. The summed E-state index contributed by atoms with van der Waals surface area (Å²) in [7, 11) is 0. The Morgan fingerprint density at radius 2 is 1.68 bits per heavy atom. The number of carbonyl (C=O) groups excluding carboxylic acids is 3. The second kappa shape index (κ2) is 10.2. The summed E-state index contributed by atoms with van der Waals surface area (Å²) >= 11 is 0. The number of para-hydroxylation sites is 1. The summed E-state index contributed by atoms with van der Waals surface area (Å²) in [4.78, 5) is 41.6. The van der Waals surface area contributed by atoms with Crippen LogP contribution >= 0.6 is 0 Å². The second-order valence-corrected chi connectivity index (χ2v) is 11.5. The smallest absolute Gasteiger partial charge is 0.408 e. The van der Waals surface area contributed by atoms with Crippen molar-refractivity contribution >= 4 is 17.9 Å². The molecule has 2 unspecified atom stereocenters. The Kier molecular flexibility index (Phi) is 8.27. The van der Waals surface area contributed by atoms with Crippen LogP contribution in [0.4, 0.5) is 4.79 Å². The Hall–Kier alpha value is -2.77. The van der Waals surface area contributed by atoms with Crippen LogP contribution < -0.4 is 10.6 Å². The molecule has 0 saturated heterocycles. The van der Waals surface area contributed by atoms with Gasteiger partial charge in [0.1, 0.15) is 23.4 Å². The van der Waals surface area contributed by atoms with Crippen molar-refractivity contribution in [2.24, 2.45) is 5.92 Å². The number of benzene rings is 1. The highest BCUT2D eigenvalue weighted by Crippen LogP contribution is 2.39. The van der Waals surface area contributed by atoms with E-state index in [0.29, 0.717) is 11.1 Å². The lowest BCUT2D eigenvalue weighted by atomic mass is 9.96. The number of aromatic hydroxyl groups is 1. The van der Waals surface area contributed by atoms with Gasteiger partial charge in [-0.1, -0.05) is 32.0 Å². The van der Waals surface area contributed by atoms with Gasteiger partial charge in [0.25, 0.3) is 0 Å². The molecule has 1 saturated carbocycles. The Morgan fingerprint density at radius 3 is 2.15 bits per heavy atom. The molecule has 2 rings (SSSR count). The fourth-order valence-electron chi connectivity index (χ4n) is 3.74. The van der Waals surface area contributed by atoms with Crippen LogP contribution in [-0.4, -0.2) is 51.1 Å². The number of amides is 3. The molecule has 2 atom stereocenters. The molecule has 1 aliphatic rings. The van der Waals surface area contributed by atoms with Crippen molar-refractivity contribution in [2.75, 3.05) is 0 Å². The number of nitrogens with one attached hydrogen (secondary N) is 2. The van der Waals surface area contributed by atoms with Gasteiger partial charge in [0.05, 0.1) is 0 Å². The molecular weight excluding hydrogens is 434 g/mol. The van der Waals surface area contributed by atoms with Gasteiger partial charge in [-0.3, -0.25) is 9.59 Å². The SMILES string of the molecule is Cc1cccc(C(C(=O)NC(C)(C)C)N(C(=O)C(NC(=O)OC(C)(C)C)C(C)C)C2CC2)c1O. The summed E-state index contributed by atoms with van der Waals surface area (Å²) < 4.78 is 5.38. The summed E-state index contributed by atoms with van der Waals surface area (Å²) in [6.07, 6.45) is 0.799. The van der Waals surface area contributed by atoms with Gasteiger partial charge in [-0.25, -0.2) is 4.79 Å². The van der Waals surface area contributed by atoms with Crippen molar-refractivity contribution in [1.29, 1.82) is 0 Å². The number of phenols is 1. The van der Waals surface area contributed by atoms with Gasteiger partial charge in [-0.15, -0.1) is 0 Å². The number of hydrogen-bond acceptors (Lipinski definition) is 5. The molecule has 1 aromatic rings. The van der Waals surface area contributed by atoms with Crippen LogP contribution in [0.3, 0.4) is 0 Å². The van der Waals surface area contributed by atoms with Gasteiger partial charge in [-0.2, -0.15) is 0 Å². The molecule has 190 valence electrons. The van der Waals surface area contributed by atoms with E-state index in [1.165, 1.54) is 4.90 Å². The van der Waals surface area contributed by atoms with E-state index in [1.807, 2.05) is 34.6 Å². The first-order chi connectivity index (χ1) is 15.5. The summed E-state index contributed by atoms with van der Waals surface area (Å²) in [6.45, 7) is 16.3. The van der Waals surface area contributed by atoms with Crippen LogP contribution in [0.25, 0.3) is 0 Å². The van der Waals surface area contributed by atoms with Crippen molar-refractivity contribution in [1.82, 2.24) is 15.5 Å². The third-order valence-corrected chi connectivity index (χ3v) is 5.39. The lowest BCUT2D eigenvalue weighted by Crippen LogP contribution is -2.56. The van der Waals surface area contributed by atoms with E-state index in [-0.39, 0.29) is 29.5 Å². The standard InChI is InChI=1S/C26H41N3O5/c1-15(2)19(27-24(33)34-26(7,8)9)23(32)29(17-13-14-17)20(22(31)28-25(4,5)6)18-12-10-11-16(3)21(18)30/h10-12,15,17,19-20,30H,13-14H2,1-9H3,(H,27,33)(H,28,31). The number of hydrogen-bond donors (Lipinski definition) is 3. The molecule has 8 heteroatoms. The van der Waals surface area contributed by atoms with Crippen LogP contribution in [-0.2, 0) is 14.3 Å². The predicted octanol–water partition coefficient (Wildman–Crippen LogP) is 4.20. The topological polar surface area (TPSA) is 108 Å². The molecule has 0 spiro atoms.